The lowest BCUT2D eigenvalue weighted by Gasteiger charge is -2.24. The number of amidine groups is 1. The van der Waals surface area contributed by atoms with E-state index in [9.17, 15) is 14.4 Å². The quantitative estimate of drug-likeness (QED) is 0.218. The molecule has 1 N–H and O–H groups in total. The highest BCUT2D eigenvalue weighted by molar-refractivity contribution is 8.11. The number of halogens is 1. The first-order valence-electron chi connectivity index (χ1n) is 9.43. The first-order chi connectivity index (χ1) is 14.4. The molecular formula is C19H24ClN3O6S. The second-order valence-corrected chi connectivity index (χ2v) is 7.44. The highest BCUT2D eigenvalue weighted by atomic mass is 35.5. The van der Waals surface area contributed by atoms with Crippen LogP contribution in [0.25, 0.3) is 0 Å². The van der Waals surface area contributed by atoms with Crippen molar-refractivity contribution < 1.29 is 28.6 Å². The molecule has 0 bridgehead atoms. The van der Waals surface area contributed by atoms with Crippen molar-refractivity contribution in [2.24, 2.45) is 4.99 Å². The highest BCUT2D eigenvalue weighted by Gasteiger charge is 2.30. The molecule has 0 saturated carbocycles. The number of morpholine rings is 1. The molecule has 2 rings (SSSR count). The Morgan fingerprint density at radius 1 is 1.13 bits per heavy atom. The number of hydrogen-bond donors (Lipinski definition) is 1. The Morgan fingerprint density at radius 2 is 1.70 bits per heavy atom. The van der Waals surface area contributed by atoms with Gasteiger partial charge in [0.1, 0.15) is 5.84 Å². The third-order valence-corrected chi connectivity index (χ3v) is 4.94. The number of amides is 1. The lowest BCUT2D eigenvalue weighted by Crippen LogP contribution is -2.39. The third kappa shape index (κ3) is 7.60. The minimum atomic E-state index is -1.57. The molecular weight excluding hydrogens is 434 g/mol. The van der Waals surface area contributed by atoms with Gasteiger partial charge in [0.25, 0.3) is 5.24 Å². The number of nitrogens with one attached hydrogen (secondary N) is 1. The molecule has 0 unspecified atom stereocenters. The summed E-state index contributed by atoms with van der Waals surface area (Å²) < 4.78 is 17.0. The summed E-state index contributed by atoms with van der Waals surface area (Å²) in [4.78, 5) is 41.3. The number of hydrogen-bond acceptors (Lipinski definition) is 9. The zero-order valence-electron chi connectivity index (χ0n) is 16.8. The molecule has 30 heavy (non-hydrogen) atoms. The minimum absolute atomic E-state index is 0.0310. The molecule has 0 aromatic heterocycles. The topological polar surface area (TPSA) is 107 Å². The van der Waals surface area contributed by atoms with Crippen molar-refractivity contribution in [3.8, 4) is 0 Å². The summed E-state index contributed by atoms with van der Waals surface area (Å²) in [5.74, 6) is -1.70. The van der Waals surface area contributed by atoms with Gasteiger partial charge in [0.05, 0.1) is 26.4 Å². The van der Waals surface area contributed by atoms with E-state index in [0.717, 1.165) is 11.9 Å². The first-order valence-corrected chi connectivity index (χ1v) is 10.6. The second kappa shape index (κ2) is 12.5. The van der Waals surface area contributed by atoms with Crippen molar-refractivity contribution in [3.63, 3.8) is 0 Å². The smallest absolute Gasteiger partial charge is 0.342 e. The molecule has 1 fully saturated rings. The Kier molecular flexibility index (Phi) is 10.1. The van der Waals surface area contributed by atoms with Gasteiger partial charge in [0.2, 0.25) is 6.04 Å². The van der Waals surface area contributed by atoms with E-state index >= 15 is 0 Å². The average molecular weight is 458 g/mol. The molecule has 11 heteroatoms. The molecule has 1 aliphatic heterocycles. The van der Waals surface area contributed by atoms with Gasteiger partial charge in [0, 0.05) is 35.6 Å². The number of esters is 2. The lowest BCUT2D eigenvalue weighted by atomic mass is 10.2. The number of carbonyl (C=O) groups excluding carboxylic acids is 3. The first kappa shape index (κ1) is 24.1. The van der Waals surface area contributed by atoms with Crippen LogP contribution < -0.4 is 5.32 Å². The Bertz CT molecular complexity index is 750. The van der Waals surface area contributed by atoms with E-state index in [4.69, 9.17) is 25.8 Å². The number of benzene rings is 1. The fourth-order valence-electron chi connectivity index (χ4n) is 2.43. The maximum atomic E-state index is 12.6. The Labute approximate surface area is 184 Å². The van der Waals surface area contributed by atoms with E-state index < -0.39 is 23.2 Å². The van der Waals surface area contributed by atoms with Crippen molar-refractivity contribution in [1.29, 1.82) is 0 Å². The van der Waals surface area contributed by atoms with Crippen LogP contribution in [-0.4, -0.2) is 72.9 Å². The van der Waals surface area contributed by atoms with Crippen molar-refractivity contribution >= 4 is 46.6 Å². The number of aliphatic imine (C=N–C) groups is 1. The fourth-order valence-corrected chi connectivity index (χ4v) is 3.27. The lowest BCUT2D eigenvalue weighted by molar-refractivity contribution is -0.156. The molecule has 1 saturated heterocycles. The molecule has 0 radical (unpaired) electrons. The van der Waals surface area contributed by atoms with Crippen LogP contribution >= 0.6 is 23.5 Å². The van der Waals surface area contributed by atoms with Gasteiger partial charge < -0.3 is 19.5 Å². The summed E-state index contributed by atoms with van der Waals surface area (Å²) in [5, 5.41) is 2.72. The van der Waals surface area contributed by atoms with E-state index in [0.29, 0.717) is 36.9 Å². The van der Waals surface area contributed by atoms with Crippen LogP contribution in [0.2, 0.25) is 5.02 Å². The van der Waals surface area contributed by atoms with E-state index in [1.807, 2.05) is 4.31 Å². The summed E-state index contributed by atoms with van der Waals surface area (Å²) in [6, 6.07) is 4.89. The summed E-state index contributed by atoms with van der Waals surface area (Å²) in [6.07, 6.45) is 0. The van der Waals surface area contributed by atoms with Gasteiger partial charge in [0.15, 0.2) is 0 Å². The Morgan fingerprint density at radius 3 is 2.23 bits per heavy atom. The SMILES string of the molecule is CCOC(=O)C(N=C(NC(=O)SN1CCOCC1)c1ccc(Cl)cc1)C(=O)OCC. The van der Waals surface area contributed by atoms with Crippen LogP contribution in [0.3, 0.4) is 0 Å². The molecule has 9 nitrogen and oxygen atoms in total. The summed E-state index contributed by atoms with van der Waals surface area (Å²) >= 11 is 6.92. The molecule has 1 aliphatic rings. The third-order valence-electron chi connectivity index (χ3n) is 3.80. The molecule has 1 amide bonds. The predicted octanol–water partition coefficient (Wildman–Crippen LogP) is 2.27. The fraction of sp³-hybridized carbons (Fsp3) is 0.474. The minimum Gasteiger partial charge on any atom is -0.464 e. The van der Waals surface area contributed by atoms with Crippen LogP contribution in [-0.2, 0) is 23.8 Å². The van der Waals surface area contributed by atoms with Gasteiger partial charge in [-0.2, -0.15) is 0 Å². The van der Waals surface area contributed by atoms with Gasteiger partial charge >= 0.3 is 11.9 Å². The van der Waals surface area contributed by atoms with Crippen LogP contribution in [0.4, 0.5) is 4.79 Å². The van der Waals surface area contributed by atoms with E-state index in [2.05, 4.69) is 10.3 Å². The van der Waals surface area contributed by atoms with Crippen molar-refractivity contribution in [1.82, 2.24) is 9.62 Å². The molecule has 1 aromatic carbocycles. The van der Waals surface area contributed by atoms with Gasteiger partial charge in [-0.1, -0.05) is 11.6 Å². The van der Waals surface area contributed by atoms with E-state index in [1.165, 1.54) is 0 Å². The highest BCUT2D eigenvalue weighted by Crippen LogP contribution is 2.15. The van der Waals surface area contributed by atoms with Gasteiger partial charge in [-0.15, -0.1) is 0 Å². The van der Waals surface area contributed by atoms with Crippen LogP contribution in [0, 0.1) is 0 Å². The Balaban J connectivity index is 2.29. The molecule has 1 aromatic rings. The zero-order chi connectivity index (χ0) is 21.9. The summed E-state index contributed by atoms with van der Waals surface area (Å²) in [5.41, 5.74) is 0.467. The number of rotatable bonds is 7. The maximum absolute atomic E-state index is 12.6. The van der Waals surface area contributed by atoms with Crippen molar-refractivity contribution in [3.05, 3.63) is 34.9 Å². The standard InChI is InChI=1S/C19H24ClN3O6S/c1-3-28-17(24)15(18(25)29-4-2)21-16(13-5-7-14(20)8-6-13)22-19(26)30-23-9-11-27-12-10-23/h5-8,15H,3-4,9-12H2,1-2H3,(H,21,22,26). The van der Waals surface area contributed by atoms with Crippen LogP contribution in [0.1, 0.15) is 19.4 Å². The number of ether oxygens (including phenoxy) is 3. The van der Waals surface area contributed by atoms with Crippen molar-refractivity contribution in [2.75, 3.05) is 39.5 Å². The molecule has 164 valence electrons. The van der Waals surface area contributed by atoms with Crippen LogP contribution in [0.5, 0.6) is 0 Å². The molecule has 0 aliphatic carbocycles. The molecule has 1 heterocycles. The Hall–Kier alpha value is -2.14. The van der Waals surface area contributed by atoms with Gasteiger partial charge in [-0.3, -0.25) is 4.79 Å². The van der Waals surface area contributed by atoms with Gasteiger partial charge in [-0.25, -0.2) is 18.9 Å². The monoisotopic (exact) mass is 457 g/mol. The predicted molar refractivity (Wildman–Crippen MR) is 114 cm³/mol. The van der Waals surface area contributed by atoms with E-state index in [1.54, 1.807) is 38.1 Å². The number of carbonyl (C=O) groups is 3. The maximum Gasteiger partial charge on any atom is 0.342 e. The molecule has 0 spiro atoms. The zero-order valence-corrected chi connectivity index (χ0v) is 18.3. The van der Waals surface area contributed by atoms with Crippen molar-refractivity contribution in [2.45, 2.75) is 19.9 Å². The van der Waals surface area contributed by atoms with Crippen LogP contribution in [0.15, 0.2) is 29.3 Å². The average Bonchev–Trinajstić information content (AvgIpc) is 2.72. The second-order valence-electron chi connectivity index (χ2n) is 5.94. The largest absolute Gasteiger partial charge is 0.464 e. The summed E-state index contributed by atoms with van der Waals surface area (Å²) in [6.45, 7) is 5.63. The normalized spacial score (nSPS) is 15.0. The number of nitrogens with zero attached hydrogens (tertiary/aromatic N) is 2. The van der Waals surface area contributed by atoms with E-state index in [-0.39, 0.29) is 19.0 Å². The van der Waals surface area contributed by atoms with Gasteiger partial charge in [-0.05, 0) is 38.1 Å². The molecule has 0 atom stereocenters. The summed E-state index contributed by atoms with van der Waals surface area (Å²) in [7, 11) is 0.